The molecule has 0 aromatic heterocycles. The normalized spacial score (nSPS) is 27.5. The van der Waals surface area contributed by atoms with Gasteiger partial charge in [-0.2, -0.15) is 0 Å². The third kappa shape index (κ3) is 4.10. The van der Waals surface area contributed by atoms with Crippen molar-refractivity contribution in [3.05, 3.63) is 34.9 Å². The molecule has 1 unspecified atom stereocenters. The quantitative estimate of drug-likeness (QED) is 0.788. The van der Waals surface area contributed by atoms with Crippen LogP contribution in [-0.4, -0.2) is 54.4 Å². The lowest BCUT2D eigenvalue weighted by Gasteiger charge is -2.47. The number of thioether (sulfide) groups is 1. The number of benzene rings is 1. The summed E-state index contributed by atoms with van der Waals surface area (Å²) < 4.78 is 12.1. The van der Waals surface area contributed by atoms with Gasteiger partial charge in [0.15, 0.2) is 0 Å². The van der Waals surface area contributed by atoms with Crippen LogP contribution in [0.25, 0.3) is 0 Å². The molecule has 0 saturated carbocycles. The Bertz CT molecular complexity index is 558. The monoisotopic (exact) mass is 367 g/mol. The van der Waals surface area contributed by atoms with Crippen LogP contribution in [0.2, 0.25) is 5.02 Å². The van der Waals surface area contributed by atoms with Crippen molar-refractivity contribution in [3.8, 4) is 0 Å². The molecule has 3 aliphatic heterocycles. The zero-order chi connectivity index (χ0) is 16.4. The van der Waals surface area contributed by atoms with E-state index in [2.05, 4.69) is 28.8 Å². The van der Waals surface area contributed by atoms with Gasteiger partial charge in [0, 0.05) is 55.0 Å². The van der Waals surface area contributed by atoms with E-state index in [-0.39, 0.29) is 0 Å². The van der Waals surface area contributed by atoms with Gasteiger partial charge in [-0.05, 0) is 42.9 Å². The van der Waals surface area contributed by atoms with E-state index in [4.69, 9.17) is 21.1 Å². The first-order valence-electron chi connectivity index (χ1n) is 9.01. The molecule has 0 radical (unpaired) electrons. The van der Waals surface area contributed by atoms with E-state index in [9.17, 15) is 0 Å². The zero-order valence-corrected chi connectivity index (χ0v) is 15.7. The maximum atomic E-state index is 6.23. The largest absolute Gasteiger partial charge is 0.381 e. The third-order valence-corrected chi connectivity index (χ3v) is 7.21. The first-order valence-corrected chi connectivity index (χ1v) is 10.4. The molecule has 3 nitrogen and oxygen atoms in total. The summed E-state index contributed by atoms with van der Waals surface area (Å²) in [5.41, 5.74) is 1.31. The van der Waals surface area contributed by atoms with Crippen LogP contribution in [0, 0.1) is 5.92 Å². The Morgan fingerprint density at radius 1 is 1.29 bits per heavy atom. The highest BCUT2D eigenvalue weighted by Gasteiger charge is 2.49. The topological polar surface area (TPSA) is 21.7 Å². The molecule has 5 heteroatoms. The van der Waals surface area contributed by atoms with Gasteiger partial charge in [-0.1, -0.05) is 23.7 Å². The van der Waals surface area contributed by atoms with Gasteiger partial charge in [0.05, 0.1) is 6.10 Å². The molecule has 0 aliphatic carbocycles. The lowest BCUT2D eigenvalue weighted by molar-refractivity contribution is -0.0133. The smallest absolute Gasteiger partial charge is 0.0680 e. The van der Waals surface area contributed by atoms with Crippen molar-refractivity contribution in [2.45, 2.75) is 36.7 Å². The van der Waals surface area contributed by atoms with Gasteiger partial charge in [0.25, 0.3) is 0 Å². The van der Waals surface area contributed by atoms with E-state index < -0.39 is 0 Å². The number of hydrogen-bond donors (Lipinski definition) is 0. The van der Waals surface area contributed by atoms with Crippen LogP contribution < -0.4 is 0 Å². The summed E-state index contributed by atoms with van der Waals surface area (Å²) in [5, 5.41) is 0.833. The molecule has 1 aromatic carbocycles. The van der Waals surface area contributed by atoms with Crippen LogP contribution >= 0.6 is 23.4 Å². The Hall–Kier alpha value is -0.260. The fourth-order valence-corrected chi connectivity index (χ4v) is 5.91. The third-order valence-electron chi connectivity index (χ3n) is 5.40. The van der Waals surface area contributed by atoms with E-state index in [1.165, 1.54) is 37.9 Å². The highest BCUT2D eigenvalue weighted by atomic mass is 35.5. The lowest BCUT2D eigenvalue weighted by atomic mass is 9.92. The fourth-order valence-electron chi connectivity index (χ4n) is 4.09. The first kappa shape index (κ1) is 17.2. The van der Waals surface area contributed by atoms with E-state index in [0.29, 0.717) is 16.8 Å². The van der Waals surface area contributed by atoms with Gasteiger partial charge in [-0.25, -0.2) is 0 Å². The Balaban J connectivity index is 1.20. The molecule has 1 aromatic rings. The van der Waals surface area contributed by atoms with Gasteiger partial charge in [-0.3, -0.25) is 4.90 Å². The summed E-state index contributed by atoms with van der Waals surface area (Å²) in [5.74, 6) is 1.87. The summed E-state index contributed by atoms with van der Waals surface area (Å²) >= 11 is 8.21. The van der Waals surface area contributed by atoms with Gasteiger partial charge < -0.3 is 9.47 Å². The van der Waals surface area contributed by atoms with Gasteiger partial charge in [-0.15, -0.1) is 11.8 Å². The molecule has 24 heavy (non-hydrogen) atoms. The van der Waals surface area contributed by atoms with Crippen molar-refractivity contribution < 1.29 is 9.47 Å². The van der Waals surface area contributed by atoms with Crippen molar-refractivity contribution in [1.29, 1.82) is 0 Å². The minimum atomic E-state index is 0.443. The second-order valence-electron chi connectivity index (χ2n) is 7.48. The van der Waals surface area contributed by atoms with Crippen molar-refractivity contribution >= 4 is 23.4 Å². The molecule has 1 atom stereocenters. The second kappa shape index (κ2) is 7.55. The lowest BCUT2D eigenvalue weighted by Crippen LogP contribution is -2.58. The van der Waals surface area contributed by atoms with Crippen LogP contribution in [0.1, 0.15) is 24.8 Å². The molecule has 132 valence electrons. The number of rotatable bonds is 5. The maximum Gasteiger partial charge on any atom is 0.0680 e. The first-order chi connectivity index (χ1) is 11.7. The highest BCUT2D eigenvalue weighted by molar-refractivity contribution is 8.01. The van der Waals surface area contributed by atoms with Crippen molar-refractivity contribution in [2.24, 2.45) is 5.92 Å². The standard InChI is InChI=1S/C19H26ClNO2S/c20-17-3-1-2-16(8-17)10-21-13-19(14-21)9-18(12-24-19)23-11-15-4-6-22-7-5-15/h1-3,8,15,18H,4-7,9-14H2. The van der Waals surface area contributed by atoms with Crippen LogP contribution in [0.15, 0.2) is 24.3 Å². The molecular formula is C19H26ClNO2S. The molecule has 1 spiro atoms. The predicted molar refractivity (Wildman–Crippen MR) is 99.8 cm³/mol. The molecule has 3 saturated heterocycles. The van der Waals surface area contributed by atoms with Crippen molar-refractivity contribution in [3.63, 3.8) is 0 Å². The second-order valence-corrected chi connectivity index (χ2v) is 9.41. The Kier molecular flexibility index (Phi) is 5.40. The summed E-state index contributed by atoms with van der Waals surface area (Å²) in [6.45, 7) is 6.13. The van der Waals surface area contributed by atoms with E-state index in [1.807, 2.05) is 12.1 Å². The van der Waals surface area contributed by atoms with Crippen LogP contribution in [0.3, 0.4) is 0 Å². The fraction of sp³-hybridized carbons (Fsp3) is 0.684. The maximum absolute atomic E-state index is 6.23. The molecular weight excluding hydrogens is 342 g/mol. The number of nitrogens with zero attached hydrogens (tertiary/aromatic N) is 1. The molecule has 3 fully saturated rings. The number of ether oxygens (including phenoxy) is 2. The molecule has 4 rings (SSSR count). The Morgan fingerprint density at radius 2 is 2.12 bits per heavy atom. The van der Waals surface area contributed by atoms with E-state index in [1.54, 1.807) is 0 Å². The van der Waals surface area contributed by atoms with Gasteiger partial charge in [0.2, 0.25) is 0 Å². The summed E-state index contributed by atoms with van der Waals surface area (Å²) in [7, 11) is 0. The Labute approximate surface area is 154 Å². The highest BCUT2D eigenvalue weighted by Crippen LogP contribution is 2.46. The molecule has 0 N–H and O–H groups in total. The number of hydrogen-bond acceptors (Lipinski definition) is 4. The minimum Gasteiger partial charge on any atom is -0.381 e. The van der Waals surface area contributed by atoms with Gasteiger partial charge >= 0.3 is 0 Å². The summed E-state index contributed by atoms with van der Waals surface area (Å²) in [4.78, 5) is 2.53. The van der Waals surface area contributed by atoms with Crippen LogP contribution in [0.4, 0.5) is 0 Å². The molecule has 3 heterocycles. The minimum absolute atomic E-state index is 0.443. The van der Waals surface area contributed by atoms with Gasteiger partial charge in [0.1, 0.15) is 0 Å². The van der Waals surface area contributed by atoms with Crippen molar-refractivity contribution in [1.82, 2.24) is 4.90 Å². The average molecular weight is 368 g/mol. The number of halogens is 1. The Morgan fingerprint density at radius 3 is 2.92 bits per heavy atom. The average Bonchev–Trinajstić information content (AvgIpc) is 2.98. The summed E-state index contributed by atoms with van der Waals surface area (Å²) in [6.07, 6.45) is 4.00. The molecule has 0 bridgehead atoms. The predicted octanol–water partition coefficient (Wildman–Crippen LogP) is 3.84. The molecule has 3 aliphatic rings. The van der Waals surface area contributed by atoms with Crippen LogP contribution in [0.5, 0.6) is 0 Å². The van der Waals surface area contributed by atoms with E-state index >= 15 is 0 Å². The SMILES string of the molecule is Clc1cccc(CN2CC3(CC(OCC4CCOCC4)CS3)C2)c1. The van der Waals surface area contributed by atoms with E-state index in [0.717, 1.165) is 37.1 Å². The van der Waals surface area contributed by atoms with Crippen molar-refractivity contribution in [2.75, 3.05) is 38.7 Å². The number of likely N-dealkylation sites (tertiary alicyclic amines) is 1. The zero-order valence-electron chi connectivity index (χ0n) is 14.1. The summed E-state index contributed by atoms with van der Waals surface area (Å²) in [6, 6.07) is 8.22. The van der Waals surface area contributed by atoms with Crippen LogP contribution in [-0.2, 0) is 16.0 Å². The molecule has 0 amide bonds.